The van der Waals surface area contributed by atoms with Gasteiger partial charge in [-0.1, -0.05) is 41.9 Å². The van der Waals surface area contributed by atoms with Gasteiger partial charge in [0, 0.05) is 11.6 Å². The molecule has 1 amide bonds. The van der Waals surface area contributed by atoms with Gasteiger partial charge in [-0.25, -0.2) is 0 Å². The number of ether oxygens (including phenoxy) is 2. The van der Waals surface area contributed by atoms with E-state index in [2.05, 4.69) is 5.32 Å². The van der Waals surface area contributed by atoms with Gasteiger partial charge >= 0.3 is 5.97 Å². The van der Waals surface area contributed by atoms with Gasteiger partial charge in [-0.3, -0.25) is 9.59 Å². The topological polar surface area (TPSA) is 64.6 Å². The Morgan fingerprint density at radius 2 is 1.68 bits per heavy atom. The molecule has 0 heterocycles. The number of hydrogen-bond donors (Lipinski definition) is 1. The van der Waals surface area contributed by atoms with E-state index < -0.39 is 0 Å². The average Bonchev–Trinajstić information content (AvgIpc) is 2.61. The highest BCUT2D eigenvalue weighted by Crippen LogP contribution is 2.15. The monoisotopic (exact) mass is 361 g/mol. The van der Waals surface area contributed by atoms with Crippen LogP contribution in [0.25, 0.3) is 0 Å². The summed E-state index contributed by atoms with van der Waals surface area (Å²) in [6.45, 7) is 0.662. The number of halogens is 1. The molecule has 0 aromatic heterocycles. The molecule has 0 aliphatic carbocycles. The van der Waals surface area contributed by atoms with E-state index in [4.69, 9.17) is 21.1 Å². The van der Waals surface area contributed by atoms with Crippen LogP contribution in [0, 0.1) is 0 Å². The minimum absolute atomic E-state index is 0.120. The second-order valence-corrected chi connectivity index (χ2v) is 5.72. The highest BCUT2D eigenvalue weighted by molar-refractivity contribution is 6.30. The summed E-state index contributed by atoms with van der Waals surface area (Å²) >= 11 is 5.78. The van der Waals surface area contributed by atoms with Crippen molar-refractivity contribution < 1.29 is 19.1 Å². The molecule has 0 bridgehead atoms. The lowest BCUT2D eigenvalue weighted by Gasteiger charge is -2.08. The number of hydrogen-bond acceptors (Lipinski definition) is 4. The number of carbonyl (C=O) groups is 2. The molecule has 25 heavy (non-hydrogen) atoms. The lowest BCUT2D eigenvalue weighted by atomic mass is 10.1. The first kappa shape index (κ1) is 18.8. The fourth-order valence-corrected chi connectivity index (χ4v) is 2.19. The van der Waals surface area contributed by atoms with Gasteiger partial charge in [-0.05, 0) is 29.8 Å². The van der Waals surface area contributed by atoms with Gasteiger partial charge in [-0.15, -0.1) is 0 Å². The molecule has 0 unspecified atom stereocenters. The zero-order valence-corrected chi connectivity index (χ0v) is 14.5. The van der Waals surface area contributed by atoms with Crippen molar-refractivity contribution in [1.29, 1.82) is 0 Å². The molecule has 132 valence electrons. The number of nitrogens with one attached hydrogen (secondary N) is 1. The lowest BCUT2D eigenvalue weighted by molar-refractivity contribution is -0.144. The predicted octanol–water partition coefficient (Wildman–Crippen LogP) is 3.01. The molecule has 0 atom stereocenters. The second kappa shape index (κ2) is 10.4. The van der Waals surface area contributed by atoms with Crippen LogP contribution in [-0.2, 0) is 20.7 Å². The van der Waals surface area contributed by atoms with Crippen molar-refractivity contribution in [2.24, 2.45) is 0 Å². The summed E-state index contributed by atoms with van der Waals surface area (Å²) in [7, 11) is 0. The van der Waals surface area contributed by atoms with Crippen LogP contribution in [0.5, 0.6) is 5.75 Å². The number of esters is 1. The zero-order valence-electron chi connectivity index (χ0n) is 13.7. The molecule has 0 spiro atoms. The van der Waals surface area contributed by atoms with Gasteiger partial charge in [0.1, 0.15) is 19.0 Å². The van der Waals surface area contributed by atoms with Gasteiger partial charge < -0.3 is 14.8 Å². The summed E-state index contributed by atoms with van der Waals surface area (Å²) in [5, 5.41) is 3.33. The van der Waals surface area contributed by atoms with Crippen molar-refractivity contribution in [3.8, 4) is 5.75 Å². The van der Waals surface area contributed by atoms with Gasteiger partial charge in [0.15, 0.2) is 0 Å². The van der Waals surface area contributed by atoms with Crippen LogP contribution in [-0.4, -0.2) is 31.6 Å². The Balaban J connectivity index is 1.53. The molecule has 0 saturated heterocycles. The van der Waals surface area contributed by atoms with E-state index in [0.717, 1.165) is 5.56 Å². The van der Waals surface area contributed by atoms with E-state index in [1.165, 1.54) is 0 Å². The van der Waals surface area contributed by atoms with E-state index in [-0.39, 0.29) is 38.1 Å². The first-order valence-electron chi connectivity index (χ1n) is 7.98. The van der Waals surface area contributed by atoms with Crippen molar-refractivity contribution >= 4 is 23.5 Å². The standard InChI is InChI=1S/C19H20ClNO4/c20-16-6-8-17(9-7-16)24-12-13-25-19(23)10-11-21-18(22)14-15-4-2-1-3-5-15/h1-9H,10-14H2,(H,21,22). The zero-order chi connectivity index (χ0) is 17.9. The van der Waals surface area contributed by atoms with Crippen LogP contribution in [0.2, 0.25) is 5.02 Å². The highest BCUT2D eigenvalue weighted by Gasteiger charge is 2.06. The maximum Gasteiger partial charge on any atom is 0.307 e. The Morgan fingerprint density at radius 1 is 0.960 bits per heavy atom. The highest BCUT2D eigenvalue weighted by atomic mass is 35.5. The van der Waals surface area contributed by atoms with Crippen LogP contribution in [0.15, 0.2) is 54.6 Å². The molecule has 0 fully saturated rings. The molecule has 0 radical (unpaired) electrons. The maximum absolute atomic E-state index is 11.7. The minimum atomic E-state index is -0.375. The summed E-state index contributed by atoms with van der Waals surface area (Å²) < 4.78 is 10.5. The number of benzene rings is 2. The molecule has 5 nitrogen and oxygen atoms in total. The number of rotatable bonds is 9. The SMILES string of the molecule is O=C(Cc1ccccc1)NCCC(=O)OCCOc1ccc(Cl)cc1. The molecule has 0 aliphatic rings. The van der Waals surface area contributed by atoms with Crippen molar-refractivity contribution in [3.05, 3.63) is 65.2 Å². The van der Waals surface area contributed by atoms with Crippen molar-refractivity contribution in [1.82, 2.24) is 5.32 Å². The Morgan fingerprint density at radius 3 is 2.40 bits per heavy atom. The van der Waals surface area contributed by atoms with Crippen molar-refractivity contribution in [2.45, 2.75) is 12.8 Å². The van der Waals surface area contributed by atoms with Crippen molar-refractivity contribution in [3.63, 3.8) is 0 Å². The second-order valence-electron chi connectivity index (χ2n) is 5.29. The maximum atomic E-state index is 11.7. The smallest absolute Gasteiger partial charge is 0.307 e. The largest absolute Gasteiger partial charge is 0.490 e. The first-order chi connectivity index (χ1) is 12.1. The predicted molar refractivity (Wildman–Crippen MR) is 95.7 cm³/mol. The Kier molecular flexibility index (Phi) is 7.79. The third-order valence-electron chi connectivity index (χ3n) is 3.29. The third kappa shape index (κ3) is 7.72. The summed E-state index contributed by atoms with van der Waals surface area (Å²) in [4.78, 5) is 23.3. The van der Waals surface area contributed by atoms with Crippen molar-refractivity contribution in [2.75, 3.05) is 19.8 Å². The Labute approximate surface area is 151 Å². The Hall–Kier alpha value is -2.53. The van der Waals surface area contributed by atoms with E-state index in [1.807, 2.05) is 30.3 Å². The van der Waals surface area contributed by atoms with Crippen LogP contribution in [0.3, 0.4) is 0 Å². The summed E-state index contributed by atoms with van der Waals surface area (Å²) in [5.41, 5.74) is 0.932. The quantitative estimate of drug-likeness (QED) is 0.551. The fraction of sp³-hybridized carbons (Fsp3) is 0.263. The van der Waals surface area contributed by atoms with Crippen LogP contribution in [0.1, 0.15) is 12.0 Å². The third-order valence-corrected chi connectivity index (χ3v) is 3.54. The number of carbonyl (C=O) groups excluding carboxylic acids is 2. The van der Waals surface area contributed by atoms with E-state index in [9.17, 15) is 9.59 Å². The van der Waals surface area contributed by atoms with Gasteiger partial charge in [0.25, 0.3) is 0 Å². The molecule has 6 heteroatoms. The molecule has 1 N–H and O–H groups in total. The summed E-state index contributed by atoms with van der Waals surface area (Å²) in [6.07, 6.45) is 0.423. The normalized spacial score (nSPS) is 10.1. The summed E-state index contributed by atoms with van der Waals surface area (Å²) in [6, 6.07) is 16.4. The molecular weight excluding hydrogens is 342 g/mol. The minimum Gasteiger partial charge on any atom is -0.490 e. The Bertz CT molecular complexity index is 674. The van der Waals surface area contributed by atoms with Gasteiger partial charge in [0.2, 0.25) is 5.91 Å². The van der Waals surface area contributed by atoms with Gasteiger partial charge in [0.05, 0.1) is 12.8 Å². The molecular formula is C19H20ClNO4. The molecule has 2 aromatic carbocycles. The molecule has 0 saturated carbocycles. The van der Waals surface area contributed by atoms with E-state index in [0.29, 0.717) is 17.2 Å². The van der Waals surface area contributed by atoms with E-state index >= 15 is 0 Å². The van der Waals surface area contributed by atoms with Crippen LogP contribution < -0.4 is 10.1 Å². The molecule has 2 aromatic rings. The average molecular weight is 362 g/mol. The first-order valence-corrected chi connectivity index (χ1v) is 8.36. The lowest BCUT2D eigenvalue weighted by Crippen LogP contribution is -2.28. The number of amides is 1. The molecule has 0 aliphatic heterocycles. The van der Waals surface area contributed by atoms with Crippen LogP contribution >= 0.6 is 11.6 Å². The fourth-order valence-electron chi connectivity index (χ4n) is 2.07. The van der Waals surface area contributed by atoms with Gasteiger partial charge in [-0.2, -0.15) is 0 Å². The van der Waals surface area contributed by atoms with Crippen LogP contribution in [0.4, 0.5) is 0 Å². The van der Waals surface area contributed by atoms with E-state index in [1.54, 1.807) is 24.3 Å². The molecule has 2 rings (SSSR count). The summed E-state index contributed by atoms with van der Waals surface area (Å²) in [5.74, 6) is 0.165.